The molecule has 140 valence electrons. The Morgan fingerprint density at radius 2 is 2.00 bits per heavy atom. The van der Waals surface area contributed by atoms with Crippen LogP contribution in [0.3, 0.4) is 0 Å². The fourth-order valence-corrected chi connectivity index (χ4v) is 2.61. The summed E-state index contributed by atoms with van der Waals surface area (Å²) in [7, 11) is 1.44. The third-order valence-electron chi connectivity index (χ3n) is 3.92. The maximum Gasteiger partial charge on any atom is 0.416 e. The van der Waals surface area contributed by atoms with Gasteiger partial charge < -0.3 is 14.5 Å². The maximum atomic E-state index is 13.0. The number of oxazole rings is 1. The standard InChI is InChI=1S/C19H15F3N2O3/c1-26-16-8-12(6-7-14(16)17-10-23-11-27-17)18(25)24-9-13-4-2-3-5-15(13)19(20,21)22/h2-8,10-11H,9H2,1H3,(H,24,25). The number of rotatable bonds is 5. The van der Waals surface area contributed by atoms with Gasteiger partial charge in [-0.1, -0.05) is 18.2 Å². The lowest BCUT2D eigenvalue weighted by Crippen LogP contribution is -2.24. The number of nitrogens with one attached hydrogen (secondary N) is 1. The van der Waals surface area contributed by atoms with Gasteiger partial charge in [0.2, 0.25) is 0 Å². The number of hydrogen-bond acceptors (Lipinski definition) is 4. The molecule has 0 unspecified atom stereocenters. The van der Waals surface area contributed by atoms with Crippen LogP contribution in [0.1, 0.15) is 21.5 Å². The molecule has 1 amide bonds. The van der Waals surface area contributed by atoms with Crippen LogP contribution < -0.4 is 10.1 Å². The smallest absolute Gasteiger partial charge is 0.416 e. The highest BCUT2D eigenvalue weighted by Crippen LogP contribution is 2.32. The summed E-state index contributed by atoms with van der Waals surface area (Å²) in [4.78, 5) is 16.2. The van der Waals surface area contributed by atoms with Gasteiger partial charge in [-0.2, -0.15) is 13.2 Å². The van der Waals surface area contributed by atoms with Gasteiger partial charge in [-0.15, -0.1) is 0 Å². The van der Waals surface area contributed by atoms with Gasteiger partial charge in [0, 0.05) is 12.1 Å². The van der Waals surface area contributed by atoms with E-state index in [0.717, 1.165) is 6.07 Å². The van der Waals surface area contributed by atoms with Crippen molar-refractivity contribution in [2.45, 2.75) is 12.7 Å². The predicted molar refractivity (Wildman–Crippen MR) is 91.1 cm³/mol. The van der Waals surface area contributed by atoms with Gasteiger partial charge in [-0.25, -0.2) is 4.98 Å². The maximum absolute atomic E-state index is 13.0. The number of benzene rings is 2. The summed E-state index contributed by atoms with van der Waals surface area (Å²) in [6, 6.07) is 9.76. The van der Waals surface area contributed by atoms with Crippen molar-refractivity contribution in [3.63, 3.8) is 0 Å². The van der Waals surface area contributed by atoms with Crippen molar-refractivity contribution in [1.82, 2.24) is 10.3 Å². The monoisotopic (exact) mass is 376 g/mol. The van der Waals surface area contributed by atoms with E-state index in [-0.39, 0.29) is 17.7 Å². The van der Waals surface area contributed by atoms with Gasteiger partial charge >= 0.3 is 6.18 Å². The molecule has 5 nitrogen and oxygen atoms in total. The van der Waals surface area contributed by atoms with Crippen LogP contribution in [0.4, 0.5) is 13.2 Å². The van der Waals surface area contributed by atoms with Crippen molar-refractivity contribution in [3.05, 3.63) is 71.7 Å². The Morgan fingerprint density at radius 1 is 1.22 bits per heavy atom. The molecule has 3 rings (SSSR count). The molecule has 0 radical (unpaired) electrons. The summed E-state index contributed by atoms with van der Waals surface area (Å²) >= 11 is 0. The number of aromatic nitrogens is 1. The first-order valence-corrected chi connectivity index (χ1v) is 7.90. The van der Waals surface area contributed by atoms with E-state index in [4.69, 9.17) is 9.15 Å². The fourth-order valence-electron chi connectivity index (χ4n) is 2.61. The van der Waals surface area contributed by atoms with Crippen molar-refractivity contribution in [2.24, 2.45) is 0 Å². The molecular weight excluding hydrogens is 361 g/mol. The molecule has 0 saturated carbocycles. The van der Waals surface area contributed by atoms with E-state index >= 15 is 0 Å². The van der Waals surface area contributed by atoms with Crippen LogP contribution in [-0.4, -0.2) is 18.0 Å². The summed E-state index contributed by atoms with van der Waals surface area (Å²) < 4.78 is 49.6. The second-order valence-corrected chi connectivity index (χ2v) is 5.62. The summed E-state index contributed by atoms with van der Waals surface area (Å²) in [5.41, 5.74) is 0.0701. The van der Waals surface area contributed by atoms with Gasteiger partial charge in [0.1, 0.15) is 5.75 Å². The van der Waals surface area contributed by atoms with Crippen LogP contribution >= 0.6 is 0 Å². The number of carbonyl (C=O) groups is 1. The summed E-state index contributed by atoms with van der Waals surface area (Å²) in [5, 5.41) is 2.50. The van der Waals surface area contributed by atoms with Crippen LogP contribution in [-0.2, 0) is 12.7 Å². The number of ether oxygens (including phenoxy) is 1. The molecule has 1 aromatic heterocycles. The molecule has 0 atom stereocenters. The summed E-state index contributed by atoms with van der Waals surface area (Å²) in [6.45, 7) is -0.249. The number of alkyl halides is 3. The van der Waals surface area contributed by atoms with Crippen molar-refractivity contribution in [1.29, 1.82) is 0 Å². The van der Waals surface area contributed by atoms with Crippen LogP contribution in [0.15, 0.2) is 59.5 Å². The second-order valence-electron chi connectivity index (χ2n) is 5.62. The van der Waals surface area contributed by atoms with Gasteiger partial charge in [-0.05, 0) is 29.8 Å². The van der Waals surface area contributed by atoms with Crippen molar-refractivity contribution in [2.75, 3.05) is 7.11 Å². The zero-order chi connectivity index (χ0) is 19.4. The number of carbonyl (C=O) groups excluding carboxylic acids is 1. The SMILES string of the molecule is COc1cc(C(=O)NCc2ccccc2C(F)(F)F)ccc1-c1cnco1. The van der Waals surface area contributed by atoms with E-state index in [1.54, 1.807) is 6.07 Å². The Kier molecular flexibility index (Phi) is 5.16. The summed E-state index contributed by atoms with van der Waals surface area (Å²) in [6.07, 6.45) is -1.71. The molecule has 0 saturated heterocycles. The Bertz CT molecular complexity index is 938. The van der Waals surface area contributed by atoms with Crippen LogP contribution in [0, 0.1) is 0 Å². The van der Waals surface area contributed by atoms with E-state index in [2.05, 4.69) is 10.3 Å². The molecule has 2 aromatic carbocycles. The van der Waals surface area contributed by atoms with E-state index < -0.39 is 17.6 Å². The molecule has 8 heteroatoms. The number of nitrogens with zero attached hydrogens (tertiary/aromatic N) is 1. The minimum Gasteiger partial charge on any atom is -0.496 e. The summed E-state index contributed by atoms with van der Waals surface area (Å²) in [5.74, 6) is 0.336. The predicted octanol–water partition coefficient (Wildman–Crippen LogP) is 4.30. The lowest BCUT2D eigenvalue weighted by atomic mass is 10.1. The average Bonchev–Trinajstić information content (AvgIpc) is 3.19. The zero-order valence-corrected chi connectivity index (χ0v) is 14.2. The minimum absolute atomic E-state index is 0.0106. The van der Waals surface area contributed by atoms with Crippen molar-refractivity contribution in [3.8, 4) is 17.1 Å². The van der Waals surface area contributed by atoms with E-state index in [0.29, 0.717) is 17.1 Å². The van der Waals surface area contributed by atoms with Crippen LogP contribution in [0.2, 0.25) is 0 Å². The van der Waals surface area contributed by atoms with Gasteiger partial charge in [-0.3, -0.25) is 4.79 Å². The molecule has 0 aliphatic carbocycles. The van der Waals surface area contributed by atoms with Crippen molar-refractivity contribution < 1.29 is 27.1 Å². The Morgan fingerprint density at radius 3 is 2.67 bits per heavy atom. The molecule has 27 heavy (non-hydrogen) atoms. The number of methoxy groups -OCH3 is 1. The number of halogens is 3. The Labute approximate surface area is 152 Å². The van der Waals surface area contributed by atoms with Crippen molar-refractivity contribution >= 4 is 5.91 Å². The first-order chi connectivity index (χ1) is 12.9. The van der Waals surface area contributed by atoms with E-state index in [1.807, 2.05) is 0 Å². The molecule has 0 fully saturated rings. The van der Waals surface area contributed by atoms with Gasteiger partial charge in [0.15, 0.2) is 12.2 Å². The highest BCUT2D eigenvalue weighted by atomic mass is 19.4. The molecule has 0 spiro atoms. The lowest BCUT2D eigenvalue weighted by molar-refractivity contribution is -0.138. The first kappa shape index (κ1) is 18.5. The topological polar surface area (TPSA) is 64.4 Å². The Balaban J connectivity index is 1.78. The first-order valence-electron chi connectivity index (χ1n) is 7.90. The number of hydrogen-bond donors (Lipinski definition) is 1. The average molecular weight is 376 g/mol. The number of amides is 1. The Hall–Kier alpha value is -3.29. The minimum atomic E-state index is -4.48. The molecule has 0 aliphatic rings. The fraction of sp³-hybridized carbons (Fsp3) is 0.158. The molecular formula is C19H15F3N2O3. The normalized spacial score (nSPS) is 11.3. The second kappa shape index (κ2) is 7.53. The van der Waals surface area contributed by atoms with E-state index in [1.165, 1.54) is 50.0 Å². The quantitative estimate of drug-likeness (QED) is 0.721. The highest BCUT2D eigenvalue weighted by molar-refractivity contribution is 5.95. The molecule has 1 N–H and O–H groups in total. The molecule has 3 aromatic rings. The molecule has 0 bridgehead atoms. The molecule has 0 aliphatic heterocycles. The third-order valence-corrected chi connectivity index (χ3v) is 3.92. The third kappa shape index (κ3) is 4.11. The van der Waals surface area contributed by atoms with Gasteiger partial charge in [0.05, 0.1) is 24.4 Å². The highest BCUT2D eigenvalue weighted by Gasteiger charge is 2.32. The van der Waals surface area contributed by atoms with Gasteiger partial charge in [0.25, 0.3) is 5.91 Å². The van der Waals surface area contributed by atoms with Crippen LogP contribution in [0.5, 0.6) is 5.75 Å². The van der Waals surface area contributed by atoms with E-state index in [9.17, 15) is 18.0 Å². The largest absolute Gasteiger partial charge is 0.496 e. The van der Waals surface area contributed by atoms with Crippen LogP contribution in [0.25, 0.3) is 11.3 Å². The molecule has 1 heterocycles. The zero-order valence-electron chi connectivity index (χ0n) is 14.2. The lowest BCUT2D eigenvalue weighted by Gasteiger charge is -2.14.